The first-order valence-electron chi connectivity index (χ1n) is 7.47. The van der Waals surface area contributed by atoms with Crippen LogP contribution in [0.5, 0.6) is 5.75 Å². The number of hydrogen-bond donors (Lipinski definition) is 0. The highest BCUT2D eigenvalue weighted by Gasteiger charge is 2.09. The number of aryl methyl sites for hydroxylation is 2. The van der Waals surface area contributed by atoms with Crippen LogP contribution in [-0.2, 0) is 6.54 Å². The van der Waals surface area contributed by atoms with Crippen LogP contribution in [0, 0.1) is 25.2 Å². The predicted octanol–water partition coefficient (Wildman–Crippen LogP) is 4.97. The first kappa shape index (κ1) is 15.6. The number of halogens is 1. The lowest BCUT2D eigenvalue weighted by Crippen LogP contribution is -2.08. The maximum atomic E-state index is 9.30. The number of nitriles is 1. The van der Waals surface area contributed by atoms with Crippen molar-refractivity contribution in [2.45, 2.75) is 20.4 Å². The van der Waals surface area contributed by atoms with Crippen molar-refractivity contribution in [1.82, 2.24) is 4.57 Å². The fraction of sp³-hybridized carbons (Fsp3) is 0.211. The Hall–Kier alpha value is -2.25. The van der Waals surface area contributed by atoms with Gasteiger partial charge in [0.1, 0.15) is 18.4 Å². The van der Waals surface area contributed by atoms with E-state index in [-0.39, 0.29) is 0 Å². The molecule has 0 saturated heterocycles. The Kier molecular flexibility index (Phi) is 4.40. The molecule has 3 nitrogen and oxygen atoms in total. The van der Waals surface area contributed by atoms with Gasteiger partial charge in [-0.15, -0.1) is 0 Å². The molecule has 0 unspecified atom stereocenters. The van der Waals surface area contributed by atoms with E-state index in [0.29, 0.717) is 18.7 Å². The standard InChI is InChI=1S/C19H17BrN2O/c1-13-3-4-14(2)19(9-13)23-8-7-22-12-15(11-21)17-10-16(20)5-6-18(17)22/h3-6,9-10,12H,7-8H2,1-2H3. The van der Waals surface area contributed by atoms with Crippen LogP contribution in [-0.4, -0.2) is 11.2 Å². The molecule has 0 radical (unpaired) electrons. The molecule has 23 heavy (non-hydrogen) atoms. The second kappa shape index (κ2) is 6.47. The molecule has 4 heteroatoms. The molecule has 0 aliphatic rings. The van der Waals surface area contributed by atoms with Crippen molar-refractivity contribution < 1.29 is 4.74 Å². The van der Waals surface area contributed by atoms with Crippen LogP contribution in [0.3, 0.4) is 0 Å². The van der Waals surface area contributed by atoms with Gasteiger partial charge in [-0.25, -0.2) is 0 Å². The van der Waals surface area contributed by atoms with E-state index in [0.717, 1.165) is 26.7 Å². The maximum Gasteiger partial charge on any atom is 0.122 e. The van der Waals surface area contributed by atoms with Gasteiger partial charge in [-0.2, -0.15) is 5.26 Å². The van der Waals surface area contributed by atoms with Crippen molar-refractivity contribution >= 4 is 26.8 Å². The number of ether oxygens (including phenoxy) is 1. The van der Waals surface area contributed by atoms with Crippen molar-refractivity contribution in [2.24, 2.45) is 0 Å². The summed E-state index contributed by atoms with van der Waals surface area (Å²) in [7, 11) is 0. The third-order valence-corrected chi connectivity index (χ3v) is 4.39. The fourth-order valence-electron chi connectivity index (χ4n) is 2.66. The molecule has 0 spiro atoms. The molecule has 0 amide bonds. The van der Waals surface area contributed by atoms with Crippen molar-refractivity contribution in [3.05, 3.63) is 63.8 Å². The summed E-state index contributed by atoms with van der Waals surface area (Å²) in [5.74, 6) is 0.921. The van der Waals surface area contributed by atoms with Gasteiger partial charge in [0.15, 0.2) is 0 Å². The van der Waals surface area contributed by atoms with Gasteiger partial charge in [0.2, 0.25) is 0 Å². The number of benzene rings is 2. The monoisotopic (exact) mass is 368 g/mol. The highest BCUT2D eigenvalue weighted by Crippen LogP contribution is 2.25. The molecule has 0 fully saturated rings. The molecule has 3 aromatic rings. The van der Waals surface area contributed by atoms with Gasteiger partial charge in [0.25, 0.3) is 0 Å². The van der Waals surface area contributed by atoms with Gasteiger partial charge in [0, 0.05) is 21.6 Å². The normalized spacial score (nSPS) is 10.7. The number of hydrogen-bond acceptors (Lipinski definition) is 2. The smallest absolute Gasteiger partial charge is 0.122 e. The van der Waals surface area contributed by atoms with E-state index in [1.807, 2.05) is 31.3 Å². The van der Waals surface area contributed by atoms with Gasteiger partial charge in [-0.3, -0.25) is 0 Å². The van der Waals surface area contributed by atoms with E-state index < -0.39 is 0 Å². The summed E-state index contributed by atoms with van der Waals surface area (Å²) in [5, 5.41) is 10.3. The zero-order chi connectivity index (χ0) is 16.4. The van der Waals surface area contributed by atoms with Crippen molar-refractivity contribution in [3.63, 3.8) is 0 Å². The molecule has 0 saturated carbocycles. The molecule has 116 valence electrons. The van der Waals surface area contributed by atoms with Gasteiger partial charge >= 0.3 is 0 Å². The quantitative estimate of drug-likeness (QED) is 0.651. The minimum absolute atomic E-state index is 0.564. The zero-order valence-corrected chi connectivity index (χ0v) is 14.7. The highest BCUT2D eigenvalue weighted by atomic mass is 79.9. The Morgan fingerprint density at radius 3 is 2.78 bits per heavy atom. The lowest BCUT2D eigenvalue weighted by molar-refractivity contribution is 0.298. The molecule has 3 rings (SSSR count). The molecule has 2 aromatic carbocycles. The Morgan fingerprint density at radius 2 is 2.00 bits per heavy atom. The minimum atomic E-state index is 0.564. The Labute approximate surface area is 144 Å². The zero-order valence-electron chi connectivity index (χ0n) is 13.1. The third kappa shape index (κ3) is 3.25. The van der Waals surface area contributed by atoms with Gasteiger partial charge < -0.3 is 9.30 Å². The average Bonchev–Trinajstić information content (AvgIpc) is 2.88. The van der Waals surface area contributed by atoms with Crippen molar-refractivity contribution in [2.75, 3.05) is 6.61 Å². The van der Waals surface area contributed by atoms with Crippen LogP contribution in [0.2, 0.25) is 0 Å². The molecule has 1 heterocycles. The fourth-order valence-corrected chi connectivity index (χ4v) is 3.02. The van der Waals surface area contributed by atoms with Gasteiger partial charge in [-0.05, 0) is 49.2 Å². The highest BCUT2D eigenvalue weighted by molar-refractivity contribution is 9.10. The Bertz CT molecular complexity index is 906. The van der Waals surface area contributed by atoms with E-state index in [4.69, 9.17) is 4.74 Å². The number of fused-ring (bicyclic) bond motifs is 1. The molecular formula is C19H17BrN2O. The summed E-state index contributed by atoms with van der Waals surface area (Å²) in [4.78, 5) is 0. The molecule has 0 aliphatic carbocycles. The van der Waals surface area contributed by atoms with Crippen molar-refractivity contribution in [1.29, 1.82) is 5.26 Å². The van der Waals surface area contributed by atoms with E-state index in [9.17, 15) is 5.26 Å². The summed E-state index contributed by atoms with van der Waals surface area (Å²) < 4.78 is 8.98. The van der Waals surface area contributed by atoms with Crippen LogP contribution < -0.4 is 4.74 Å². The van der Waals surface area contributed by atoms with E-state index >= 15 is 0 Å². The second-order valence-electron chi connectivity index (χ2n) is 5.63. The van der Waals surface area contributed by atoms with Crippen LogP contribution >= 0.6 is 15.9 Å². The predicted molar refractivity (Wildman–Crippen MR) is 95.8 cm³/mol. The first-order chi connectivity index (χ1) is 11.1. The molecule has 0 bridgehead atoms. The molecule has 1 aromatic heterocycles. The molecule has 0 N–H and O–H groups in total. The molecule has 0 atom stereocenters. The van der Waals surface area contributed by atoms with E-state index in [2.05, 4.69) is 51.7 Å². The number of aromatic nitrogens is 1. The average molecular weight is 369 g/mol. The maximum absolute atomic E-state index is 9.30. The summed E-state index contributed by atoms with van der Waals surface area (Å²) in [6.07, 6.45) is 1.89. The molecule has 0 aliphatic heterocycles. The van der Waals surface area contributed by atoms with Crippen LogP contribution in [0.15, 0.2) is 47.1 Å². The van der Waals surface area contributed by atoms with E-state index in [1.165, 1.54) is 5.56 Å². The lowest BCUT2D eigenvalue weighted by Gasteiger charge is -2.11. The van der Waals surface area contributed by atoms with Crippen LogP contribution in [0.1, 0.15) is 16.7 Å². The lowest BCUT2D eigenvalue weighted by atomic mass is 10.1. The topological polar surface area (TPSA) is 38.0 Å². The number of nitrogens with zero attached hydrogens (tertiary/aromatic N) is 2. The van der Waals surface area contributed by atoms with E-state index in [1.54, 1.807) is 0 Å². The van der Waals surface area contributed by atoms with Crippen LogP contribution in [0.25, 0.3) is 10.9 Å². The van der Waals surface area contributed by atoms with Crippen molar-refractivity contribution in [3.8, 4) is 11.8 Å². The Morgan fingerprint density at radius 1 is 1.17 bits per heavy atom. The summed E-state index contributed by atoms with van der Waals surface area (Å²) >= 11 is 3.46. The van der Waals surface area contributed by atoms with Gasteiger partial charge in [0.05, 0.1) is 12.1 Å². The first-order valence-corrected chi connectivity index (χ1v) is 8.26. The number of rotatable bonds is 4. The third-order valence-electron chi connectivity index (χ3n) is 3.90. The SMILES string of the molecule is Cc1ccc(C)c(OCCn2cc(C#N)c3cc(Br)ccc32)c1. The minimum Gasteiger partial charge on any atom is -0.491 e. The Balaban J connectivity index is 1.80. The largest absolute Gasteiger partial charge is 0.491 e. The second-order valence-corrected chi connectivity index (χ2v) is 6.54. The van der Waals surface area contributed by atoms with Crippen LogP contribution in [0.4, 0.5) is 0 Å². The molecular weight excluding hydrogens is 352 g/mol. The van der Waals surface area contributed by atoms with Gasteiger partial charge in [-0.1, -0.05) is 28.1 Å². The summed E-state index contributed by atoms with van der Waals surface area (Å²) in [6.45, 7) is 5.37. The summed E-state index contributed by atoms with van der Waals surface area (Å²) in [6, 6.07) is 14.5. The summed E-state index contributed by atoms with van der Waals surface area (Å²) in [5.41, 5.74) is 4.06.